The highest BCUT2D eigenvalue weighted by atomic mass is 32.2. The fourth-order valence-corrected chi connectivity index (χ4v) is 4.72. The van der Waals surface area contributed by atoms with Gasteiger partial charge in [-0.3, -0.25) is 4.79 Å². The number of carbonyl (C=O) groups is 1. The molecule has 8 nitrogen and oxygen atoms in total. The highest BCUT2D eigenvalue weighted by Gasteiger charge is 2.34. The molecule has 1 aliphatic rings. The van der Waals surface area contributed by atoms with Gasteiger partial charge in [0.05, 0.1) is 18.2 Å². The number of esters is 1. The first-order valence-electron chi connectivity index (χ1n) is 10.8. The molecule has 33 heavy (non-hydrogen) atoms. The summed E-state index contributed by atoms with van der Waals surface area (Å²) in [7, 11) is -4.26. The molecule has 0 amide bonds. The Morgan fingerprint density at radius 2 is 1.94 bits per heavy atom. The Morgan fingerprint density at radius 3 is 2.58 bits per heavy atom. The fourth-order valence-electron chi connectivity index (χ4n) is 3.65. The van der Waals surface area contributed by atoms with Crippen LogP contribution in [0.1, 0.15) is 52.0 Å². The molecule has 0 fully saturated rings. The number of phenolic OH excluding ortho intramolecular Hbond substituents is 1. The summed E-state index contributed by atoms with van der Waals surface area (Å²) >= 11 is 0. The number of benzene rings is 2. The number of hydrogen-bond donors (Lipinski definition) is 3. The van der Waals surface area contributed by atoms with Gasteiger partial charge in [0, 0.05) is 5.39 Å². The topological polar surface area (TPSA) is 116 Å². The second-order valence-electron chi connectivity index (χ2n) is 8.76. The quantitative estimate of drug-likeness (QED) is 0.362. The molecule has 1 aliphatic heterocycles. The van der Waals surface area contributed by atoms with Crippen LogP contribution in [0.2, 0.25) is 0 Å². The summed E-state index contributed by atoms with van der Waals surface area (Å²) in [4.78, 5) is 12.3. The van der Waals surface area contributed by atoms with Crippen LogP contribution in [0.15, 0.2) is 36.3 Å². The van der Waals surface area contributed by atoms with Gasteiger partial charge in [0.1, 0.15) is 11.4 Å². The molecule has 3 rings (SSSR count). The highest BCUT2D eigenvalue weighted by Crippen LogP contribution is 2.39. The number of carbonyl (C=O) groups excluding carboxylic acids is 1. The molecule has 2 aromatic carbocycles. The third kappa shape index (κ3) is 5.32. The van der Waals surface area contributed by atoms with E-state index in [2.05, 4.69) is 0 Å². The lowest BCUT2D eigenvalue weighted by Gasteiger charge is -2.22. The Labute approximate surface area is 192 Å². The fraction of sp³-hybridized carbons (Fsp3) is 0.435. The first kappa shape index (κ1) is 24.6. The minimum atomic E-state index is -4.26. The third-order valence-corrected chi connectivity index (χ3v) is 6.87. The molecule has 0 aliphatic carbocycles. The molecule has 180 valence electrons. The number of fused-ring (bicyclic) bond motifs is 1. The summed E-state index contributed by atoms with van der Waals surface area (Å²) in [5.74, 6) is -2.42. The van der Waals surface area contributed by atoms with Crippen LogP contribution in [-0.4, -0.2) is 31.2 Å². The van der Waals surface area contributed by atoms with Crippen LogP contribution in [0.5, 0.6) is 5.75 Å². The van der Waals surface area contributed by atoms with Crippen LogP contribution in [0.4, 0.5) is 10.1 Å². The standard InChI is InChI=1S/C23H29FN2O6S/c1-4-5-11-32-22(29)23(2,3)10-6-7-15-8-9-16-13-18(27)21(20(24)17(16)12-15)26-14-19(28)25-33(26,30)31/h8-9,12-14,25,27-28H,4-7,10-11H2,1-3H3. The Balaban J connectivity index is 1.79. The predicted octanol–water partition coefficient (Wildman–Crippen LogP) is 4.39. The SMILES string of the molecule is CCCCOC(=O)C(C)(C)CCCc1ccc2cc(O)c(N3C=C(O)NS3(=O)=O)c(F)c2c1. The Hall–Kier alpha value is -3.01. The Morgan fingerprint density at radius 1 is 1.21 bits per heavy atom. The van der Waals surface area contributed by atoms with Gasteiger partial charge in [-0.2, -0.15) is 8.42 Å². The van der Waals surface area contributed by atoms with Crippen molar-refractivity contribution in [3.05, 3.63) is 47.7 Å². The number of aromatic hydroxyl groups is 1. The summed E-state index contributed by atoms with van der Waals surface area (Å²) in [5.41, 5.74) is -0.415. The van der Waals surface area contributed by atoms with Crippen molar-refractivity contribution < 1.29 is 32.6 Å². The van der Waals surface area contributed by atoms with Crippen molar-refractivity contribution in [3.8, 4) is 5.75 Å². The molecule has 2 aromatic rings. The maximum Gasteiger partial charge on any atom is 0.330 e. The number of phenols is 1. The number of aliphatic hydroxyl groups excluding tert-OH is 1. The van der Waals surface area contributed by atoms with Gasteiger partial charge in [0.2, 0.25) is 5.88 Å². The zero-order chi connectivity index (χ0) is 24.4. The van der Waals surface area contributed by atoms with Crippen molar-refractivity contribution in [2.24, 2.45) is 5.41 Å². The second kappa shape index (κ2) is 9.46. The molecule has 0 saturated heterocycles. The summed E-state index contributed by atoms with van der Waals surface area (Å²) in [6, 6.07) is 6.31. The van der Waals surface area contributed by atoms with Gasteiger partial charge in [0.15, 0.2) is 5.82 Å². The van der Waals surface area contributed by atoms with Gasteiger partial charge in [-0.05, 0) is 62.6 Å². The van der Waals surface area contributed by atoms with Crippen LogP contribution in [-0.2, 0) is 26.2 Å². The summed E-state index contributed by atoms with van der Waals surface area (Å²) in [6.07, 6.45) is 4.37. The molecular formula is C23H29FN2O6S. The van der Waals surface area contributed by atoms with E-state index < -0.39 is 38.8 Å². The average Bonchev–Trinajstić information content (AvgIpc) is 3.00. The number of hydrogen-bond acceptors (Lipinski definition) is 6. The monoisotopic (exact) mass is 480 g/mol. The summed E-state index contributed by atoms with van der Waals surface area (Å²) < 4.78 is 47.2. The smallest absolute Gasteiger partial charge is 0.330 e. The lowest BCUT2D eigenvalue weighted by molar-refractivity contribution is -0.154. The van der Waals surface area contributed by atoms with Crippen LogP contribution < -0.4 is 9.03 Å². The number of unbranched alkanes of at least 4 members (excludes halogenated alkanes) is 1. The Kier molecular flexibility index (Phi) is 7.06. The number of aliphatic hydroxyl groups is 1. The second-order valence-corrected chi connectivity index (χ2v) is 10.3. The first-order valence-corrected chi connectivity index (χ1v) is 12.2. The summed E-state index contributed by atoms with van der Waals surface area (Å²) in [6.45, 7) is 6.11. The minimum absolute atomic E-state index is 0.133. The van der Waals surface area contributed by atoms with E-state index in [0.717, 1.165) is 24.6 Å². The van der Waals surface area contributed by atoms with Crippen LogP contribution in [0, 0.1) is 11.2 Å². The average molecular weight is 481 g/mol. The van der Waals surface area contributed by atoms with Crippen molar-refractivity contribution >= 4 is 32.6 Å². The first-order chi connectivity index (χ1) is 15.5. The number of nitrogens with zero attached hydrogens (tertiary/aromatic N) is 1. The maximum atomic E-state index is 15.3. The zero-order valence-corrected chi connectivity index (χ0v) is 19.7. The lowest BCUT2D eigenvalue weighted by atomic mass is 9.86. The molecule has 0 aromatic heterocycles. The molecule has 0 bridgehead atoms. The normalized spacial score (nSPS) is 15.4. The molecule has 3 N–H and O–H groups in total. The van der Waals surface area contributed by atoms with E-state index in [1.165, 1.54) is 6.07 Å². The van der Waals surface area contributed by atoms with E-state index in [-0.39, 0.29) is 11.4 Å². The maximum absolute atomic E-state index is 15.3. The van der Waals surface area contributed by atoms with Crippen molar-refractivity contribution in [2.45, 2.75) is 52.9 Å². The molecule has 0 saturated carbocycles. The molecule has 0 atom stereocenters. The van der Waals surface area contributed by atoms with Gasteiger partial charge >= 0.3 is 16.2 Å². The number of halogens is 1. The van der Waals surface area contributed by atoms with E-state index in [4.69, 9.17) is 4.74 Å². The van der Waals surface area contributed by atoms with E-state index in [9.17, 15) is 23.4 Å². The lowest BCUT2D eigenvalue weighted by Crippen LogP contribution is -2.30. The molecule has 0 spiro atoms. The van der Waals surface area contributed by atoms with Crippen molar-refractivity contribution in [1.82, 2.24) is 4.72 Å². The van der Waals surface area contributed by atoms with E-state index >= 15 is 4.39 Å². The largest absolute Gasteiger partial charge is 0.506 e. The third-order valence-electron chi connectivity index (χ3n) is 5.60. The van der Waals surface area contributed by atoms with Crippen LogP contribution in [0.3, 0.4) is 0 Å². The van der Waals surface area contributed by atoms with Gasteiger partial charge in [-0.15, -0.1) is 0 Å². The van der Waals surface area contributed by atoms with E-state index in [0.29, 0.717) is 35.6 Å². The highest BCUT2D eigenvalue weighted by molar-refractivity contribution is 7.91. The molecule has 10 heteroatoms. The van der Waals surface area contributed by atoms with Gasteiger partial charge in [-0.1, -0.05) is 25.5 Å². The van der Waals surface area contributed by atoms with E-state index in [1.807, 2.05) is 25.5 Å². The van der Waals surface area contributed by atoms with Crippen molar-refractivity contribution in [2.75, 3.05) is 10.9 Å². The van der Waals surface area contributed by atoms with Crippen molar-refractivity contribution in [1.29, 1.82) is 0 Å². The zero-order valence-electron chi connectivity index (χ0n) is 18.9. The van der Waals surface area contributed by atoms with Crippen LogP contribution in [0.25, 0.3) is 10.8 Å². The van der Waals surface area contributed by atoms with Gasteiger partial charge < -0.3 is 14.9 Å². The molecule has 0 unspecified atom stereocenters. The minimum Gasteiger partial charge on any atom is -0.506 e. The Bertz CT molecular complexity index is 1190. The van der Waals surface area contributed by atoms with Gasteiger partial charge in [-0.25, -0.2) is 13.4 Å². The number of rotatable bonds is 9. The number of anilines is 1. The number of aryl methyl sites for hydroxylation is 1. The number of ether oxygens (including phenoxy) is 1. The van der Waals surface area contributed by atoms with Crippen molar-refractivity contribution in [3.63, 3.8) is 0 Å². The van der Waals surface area contributed by atoms with E-state index in [1.54, 1.807) is 18.2 Å². The summed E-state index contributed by atoms with van der Waals surface area (Å²) in [5, 5.41) is 20.3. The van der Waals surface area contributed by atoms with Crippen LogP contribution >= 0.6 is 0 Å². The number of nitrogens with one attached hydrogen (secondary N) is 1. The van der Waals surface area contributed by atoms with Gasteiger partial charge in [0.25, 0.3) is 0 Å². The molecular weight excluding hydrogens is 451 g/mol. The molecule has 1 heterocycles. The molecule has 0 radical (unpaired) electrons. The predicted molar refractivity (Wildman–Crippen MR) is 123 cm³/mol.